The zero-order valence-electron chi connectivity index (χ0n) is 11.7. The molecule has 98 valence electrons. The van der Waals surface area contributed by atoms with Crippen molar-refractivity contribution >= 4 is 16.6 Å². The highest BCUT2D eigenvalue weighted by molar-refractivity contribution is 5.88. The van der Waals surface area contributed by atoms with Gasteiger partial charge in [0.2, 0.25) is 0 Å². The monoisotopic (exact) mass is 253 g/mol. The fourth-order valence-corrected chi connectivity index (χ4v) is 3.07. The van der Waals surface area contributed by atoms with Crippen LogP contribution in [0.15, 0.2) is 24.4 Å². The zero-order chi connectivity index (χ0) is 13.6. The van der Waals surface area contributed by atoms with Crippen molar-refractivity contribution in [3.63, 3.8) is 0 Å². The van der Waals surface area contributed by atoms with Crippen LogP contribution in [0.25, 0.3) is 15.7 Å². The van der Waals surface area contributed by atoms with Crippen LogP contribution in [-0.2, 0) is 7.05 Å². The maximum Gasteiger partial charge on any atom is 0.187 e. The van der Waals surface area contributed by atoms with Gasteiger partial charge in [-0.05, 0) is 55.4 Å². The number of fused-ring (bicyclic) bond motifs is 1. The molecule has 0 bridgehead atoms. The number of benzene rings is 1. The Morgan fingerprint density at radius 3 is 2.89 bits per heavy atom. The Hall–Kier alpha value is -1.79. The number of nitrogens with zero attached hydrogens (tertiary/aromatic N) is 3. The van der Waals surface area contributed by atoms with Crippen LogP contribution in [0.4, 0.5) is 5.69 Å². The van der Waals surface area contributed by atoms with Crippen molar-refractivity contribution in [3.05, 3.63) is 41.4 Å². The van der Waals surface area contributed by atoms with Crippen LogP contribution in [0, 0.1) is 12.5 Å². The minimum absolute atomic E-state index is 0.673. The Kier molecular flexibility index (Phi) is 2.83. The molecule has 1 aromatic heterocycles. The molecule has 1 heterocycles. The van der Waals surface area contributed by atoms with Crippen LogP contribution in [0.2, 0.25) is 0 Å². The van der Waals surface area contributed by atoms with E-state index in [9.17, 15) is 0 Å². The second-order valence-corrected chi connectivity index (χ2v) is 5.87. The van der Waals surface area contributed by atoms with Crippen molar-refractivity contribution in [1.29, 1.82) is 0 Å². The van der Waals surface area contributed by atoms with E-state index in [0.29, 0.717) is 5.92 Å². The van der Waals surface area contributed by atoms with Crippen molar-refractivity contribution in [2.24, 2.45) is 13.0 Å². The van der Waals surface area contributed by atoms with Crippen molar-refractivity contribution in [3.8, 4) is 0 Å². The first-order chi connectivity index (χ1) is 9.10. The van der Waals surface area contributed by atoms with Crippen molar-refractivity contribution < 1.29 is 0 Å². The lowest BCUT2D eigenvalue weighted by Gasteiger charge is -2.08. The maximum atomic E-state index is 7.16. The lowest BCUT2D eigenvalue weighted by Crippen LogP contribution is -2.15. The highest BCUT2D eigenvalue weighted by Crippen LogP contribution is 2.50. The normalized spacial score (nSPS) is 21.8. The van der Waals surface area contributed by atoms with E-state index in [-0.39, 0.29) is 0 Å². The summed E-state index contributed by atoms with van der Waals surface area (Å²) < 4.78 is 2.18. The second kappa shape index (κ2) is 4.40. The maximum absolute atomic E-state index is 7.16. The number of aryl methyl sites for hydroxylation is 1. The molecule has 0 radical (unpaired) electrons. The number of rotatable bonds is 3. The van der Waals surface area contributed by atoms with Gasteiger partial charge in [0.15, 0.2) is 5.69 Å². The van der Waals surface area contributed by atoms with Crippen LogP contribution in [0.1, 0.15) is 17.9 Å². The Bertz CT molecular complexity index is 660. The Morgan fingerprint density at radius 1 is 1.42 bits per heavy atom. The van der Waals surface area contributed by atoms with Gasteiger partial charge in [-0.25, -0.2) is 4.85 Å². The quantitative estimate of drug-likeness (QED) is 0.764. The highest BCUT2D eigenvalue weighted by atomic mass is 15.1. The lowest BCUT2D eigenvalue weighted by molar-refractivity contribution is 0.385. The van der Waals surface area contributed by atoms with Gasteiger partial charge in [-0.1, -0.05) is 6.07 Å². The summed E-state index contributed by atoms with van der Waals surface area (Å²) in [4.78, 5) is 5.81. The minimum atomic E-state index is 0.673. The largest absolute Gasteiger partial charge is 0.350 e. The summed E-state index contributed by atoms with van der Waals surface area (Å²) in [6.45, 7) is 8.32. The summed E-state index contributed by atoms with van der Waals surface area (Å²) >= 11 is 0. The lowest BCUT2D eigenvalue weighted by atomic mass is 10.1. The first-order valence-corrected chi connectivity index (χ1v) is 6.71. The smallest absolute Gasteiger partial charge is 0.187 e. The van der Waals surface area contributed by atoms with Gasteiger partial charge in [-0.2, -0.15) is 0 Å². The molecule has 1 saturated carbocycles. The molecule has 0 spiro atoms. The third-order valence-electron chi connectivity index (χ3n) is 4.05. The van der Waals surface area contributed by atoms with Crippen molar-refractivity contribution in [2.45, 2.75) is 12.3 Å². The van der Waals surface area contributed by atoms with E-state index in [1.807, 2.05) is 12.1 Å². The van der Waals surface area contributed by atoms with Crippen LogP contribution >= 0.6 is 0 Å². The van der Waals surface area contributed by atoms with Crippen molar-refractivity contribution in [1.82, 2.24) is 9.47 Å². The third-order valence-corrected chi connectivity index (χ3v) is 4.05. The molecule has 3 heteroatoms. The van der Waals surface area contributed by atoms with Gasteiger partial charge in [0.25, 0.3) is 0 Å². The predicted molar refractivity (Wildman–Crippen MR) is 78.6 cm³/mol. The predicted octanol–water partition coefficient (Wildman–Crippen LogP) is 3.39. The molecule has 2 aromatic rings. The highest BCUT2D eigenvalue weighted by Gasteiger charge is 2.39. The summed E-state index contributed by atoms with van der Waals surface area (Å²) in [5.74, 6) is 1.45. The van der Waals surface area contributed by atoms with Gasteiger partial charge in [0.1, 0.15) is 0 Å². The molecule has 0 N–H and O–H groups in total. The molecule has 0 aliphatic heterocycles. The average molecular weight is 253 g/mol. The molecule has 0 amide bonds. The molecule has 0 saturated heterocycles. The molecule has 3 nitrogen and oxygen atoms in total. The fraction of sp³-hybridized carbons (Fsp3) is 0.438. The number of hydrogen-bond donors (Lipinski definition) is 0. The molecule has 2 atom stereocenters. The molecule has 1 aromatic carbocycles. The molecule has 1 aliphatic carbocycles. The Labute approximate surface area is 114 Å². The summed E-state index contributed by atoms with van der Waals surface area (Å²) in [6.07, 6.45) is 3.53. The molecular weight excluding hydrogens is 234 g/mol. The van der Waals surface area contributed by atoms with E-state index >= 15 is 0 Å². The summed E-state index contributed by atoms with van der Waals surface area (Å²) in [7, 11) is 6.36. The van der Waals surface area contributed by atoms with Crippen LogP contribution < -0.4 is 0 Å². The van der Waals surface area contributed by atoms with E-state index in [4.69, 9.17) is 6.57 Å². The SMILES string of the molecule is [C-]#[N+]c1ccc2c(c1)c([C@H]1C[C@@H]1CN(C)C)cn2C. The molecule has 19 heavy (non-hydrogen) atoms. The zero-order valence-corrected chi connectivity index (χ0v) is 11.7. The average Bonchev–Trinajstić information content (AvgIpc) is 3.05. The first kappa shape index (κ1) is 12.3. The van der Waals surface area contributed by atoms with Crippen LogP contribution in [0.5, 0.6) is 0 Å². The third kappa shape index (κ3) is 2.13. The molecular formula is C16H19N3. The van der Waals surface area contributed by atoms with E-state index in [2.05, 4.69) is 47.7 Å². The van der Waals surface area contributed by atoms with E-state index in [0.717, 1.165) is 18.2 Å². The standard InChI is InChI=1S/C16H19N3/c1-17-12-5-6-16-14(8-12)15(10-19(16)4)13-7-11(13)9-18(2)3/h5-6,8,10-11,13H,7,9H2,2-4H3/t11-,13+/m1/s1. The Balaban J connectivity index is 1.99. The molecule has 3 rings (SSSR count). The number of hydrogen-bond acceptors (Lipinski definition) is 1. The van der Waals surface area contributed by atoms with Gasteiger partial charge >= 0.3 is 0 Å². The van der Waals surface area contributed by atoms with Gasteiger partial charge in [-0.15, -0.1) is 0 Å². The first-order valence-electron chi connectivity index (χ1n) is 6.71. The Morgan fingerprint density at radius 2 is 2.21 bits per heavy atom. The van der Waals surface area contributed by atoms with Crippen molar-refractivity contribution in [2.75, 3.05) is 20.6 Å². The van der Waals surface area contributed by atoms with Gasteiger partial charge in [-0.3, -0.25) is 0 Å². The molecule has 1 fully saturated rings. The van der Waals surface area contributed by atoms with E-state index in [1.165, 1.54) is 22.9 Å². The second-order valence-electron chi connectivity index (χ2n) is 5.87. The van der Waals surface area contributed by atoms with E-state index < -0.39 is 0 Å². The summed E-state index contributed by atoms with van der Waals surface area (Å²) in [6, 6.07) is 6.02. The van der Waals surface area contributed by atoms with Crippen LogP contribution in [0.3, 0.4) is 0 Å². The summed E-state index contributed by atoms with van der Waals surface area (Å²) in [5, 5.41) is 1.27. The minimum Gasteiger partial charge on any atom is -0.350 e. The van der Waals surface area contributed by atoms with E-state index in [1.54, 1.807) is 0 Å². The molecule has 1 aliphatic rings. The number of aromatic nitrogens is 1. The fourth-order valence-electron chi connectivity index (χ4n) is 3.07. The van der Waals surface area contributed by atoms with Gasteiger partial charge < -0.3 is 9.47 Å². The topological polar surface area (TPSA) is 12.5 Å². The van der Waals surface area contributed by atoms with Crippen LogP contribution in [-0.4, -0.2) is 30.1 Å². The van der Waals surface area contributed by atoms with Gasteiger partial charge in [0, 0.05) is 25.3 Å². The van der Waals surface area contributed by atoms with Gasteiger partial charge in [0.05, 0.1) is 6.57 Å². The summed E-state index contributed by atoms with van der Waals surface area (Å²) in [5.41, 5.74) is 3.40. The molecule has 0 unspecified atom stereocenters.